The summed E-state index contributed by atoms with van der Waals surface area (Å²) in [6.45, 7) is 4.68. The van der Waals surface area contributed by atoms with E-state index in [4.69, 9.17) is 5.73 Å². The van der Waals surface area contributed by atoms with Crippen molar-refractivity contribution in [3.8, 4) is 0 Å². The Morgan fingerprint density at radius 1 is 1.08 bits per heavy atom. The number of hydrogen-bond donors (Lipinski definition) is 3. The number of amides is 2. The van der Waals surface area contributed by atoms with Crippen molar-refractivity contribution in [2.24, 2.45) is 5.73 Å². The molecular weight excluding hydrogens is 316 g/mol. The van der Waals surface area contributed by atoms with Crippen LogP contribution in [-0.2, 0) is 10.2 Å². The standard InChI is InChI=1S/C17H25F2N3O2/c1-16(2,3)13-6-4-12(5-7-13)15(24)21-9-8-14(23)22-11-17(18,19)10-20/h4-7H,8-11,20H2,1-3H3,(H,21,24)(H,22,23). The predicted molar refractivity (Wildman–Crippen MR) is 89.1 cm³/mol. The van der Waals surface area contributed by atoms with Gasteiger partial charge in [-0.1, -0.05) is 32.9 Å². The average molecular weight is 341 g/mol. The average Bonchev–Trinajstić information content (AvgIpc) is 2.52. The van der Waals surface area contributed by atoms with Gasteiger partial charge in [0.05, 0.1) is 13.1 Å². The first-order valence-electron chi connectivity index (χ1n) is 7.78. The van der Waals surface area contributed by atoms with E-state index >= 15 is 0 Å². The number of carbonyl (C=O) groups is 2. The van der Waals surface area contributed by atoms with Crippen LogP contribution in [0.1, 0.15) is 43.1 Å². The van der Waals surface area contributed by atoms with Crippen molar-refractivity contribution >= 4 is 11.8 Å². The molecule has 2 amide bonds. The summed E-state index contributed by atoms with van der Waals surface area (Å²) in [6.07, 6.45) is -0.0769. The van der Waals surface area contributed by atoms with Gasteiger partial charge in [-0.05, 0) is 23.1 Å². The van der Waals surface area contributed by atoms with Crippen LogP contribution in [0.15, 0.2) is 24.3 Å². The molecule has 134 valence electrons. The fraction of sp³-hybridized carbons (Fsp3) is 0.529. The molecule has 1 aromatic carbocycles. The van der Waals surface area contributed by atoms with E-state index in [9.17, 15) is 18.4 Å². The number of carbonyl (C=O) groups excluding carboxylic acids is 2. The van der Waals surface area contributed by atoms with Gasteiger partial charge in [0.1, 0.15) is 0 Å². The number of nitrogens with two attached hydrogens (primary N) is 1. The summed E-state index contributed by atoms with van der Waals surface area (Å²) in [5, 5.41) is 4.68. The molecule has 1 aromatic rings. The molecule has 0 bridgehead atoms. The Kier molecular flexibility index (Phi) is 6.83. The van der Waals surface area contributed by atoms with Gasteiger partial charge in [0.2, 0.25) is 5.91 Å². The first-order valence-corrected chi connectivity index (χ1v) is 7.78. The van der Waals surface area contributed by atoms with Gasteiger partial charge >= 0.3 is 0 Å². The van der Waals surface area contributed by atoms with E-state index in [0.29, 0.717) is 5.56 Å². The normalized spacial score (nSPS) is 11.9. The van der Waals surface area contributed by atoms with Crippen LogP contribution in [0, 0.1) is 0 Å². The second kappa shape index (κ2) is 8.19. The molecule has 5 nitrogen and oxygen atoms in total. The number of nitrogens with one attached hydrogen (secondary N) is 2. The van der Waals surface area contributed by atoms with E-state index in [1.165, 1.54) is 0 Å². The molecule has 24 heavy (non-hydrogen) atoms. The first-order chi connectivity index (χ1) is 11.0. The van der Waals surface area contributed by atoms with Crippen LogP contribution in [0.2, 0.25) is 0 Å². The number of hydrogen-bond acceptors (Lipinski definition) is 3. The monoisotopic (exact) mass is 341 g/mol. The third kappa shape index (κ3) is 6.62. The fourth-order valence-corrected chi connectivity index (χ4v) is 1.90. The molecule has 1 rings (SSSR count). The Balaban J connectivity index is 2.40. The Morgan fingerprint density at radius 2 is 1.67 bits per heavy atom. The summed E-state index contributed by atoms with van der Waals surface area (Å²) in [6, 6.07) is 7.21. The molecule has 0 radical (unpaired) electrons. The minimum atomic E-state index is -3.12. The Bertz CT molecular complexity index is 566. The predicted octanol–water partition coefficient (Wildman–Crippen LogP) is 1.81. The number of rotatable bonds is 7. The molecule has 0 spiro atoms. The Hall–Kier alpha value is -2.02. The second-order valence-electron chi connectivity index (χ2n) is 6.67. The quantitative estimate of drug-likeness (QED) is 0.707. The van der Waals surface area contributed by atoms with Crippen molar-refractivity contribution in [1.29, 1.82) is 0 Å². The Morgan fingerprint density at radius 3 is 2.17 bits per heavy atom. The zero-order valence-electron chi connectivity index (χ0n) is 14.3. The third-order valence-electron chi connectivity index (χ3n) is 3.49. The maximum Gasteiger partial charge on any atom is 0.277 e. The van der Waals surface area contributed by atoms with Gasteiger partial charge in [0.15, 0.2) is 0 Å². The molecule has 0 heterocycles. The molecule has 0 aliphatic carbocycles. The molecular formula is C17H25F2N3O2. The van der Waals surface area contributed by atoms with Crippen molar-refractivity contribution in [3.63, 3.8) is 0 Å². The highest BCUT2D eigenvalue weighted by Crippen LogP contribution is 2.22. The number of benzene rings is 1. The SMILES string of the molecule is CC(C)(C)c1ccc(C(=O)NCCC(=O)NCC(F)(F)CN)cc1. The van der Waals surface area contributed by atoms with Gasteiger partial charge in [-0.15, -0.1) is 0 Å². The lowest BCUT2D eigenvalue weighted by molar-refractivity contribution is -0.122. The van der Waals surface area contributed by atoms with Gasteiger partial charge in [-0.3, -0.25) is 9.59 Å². The summed E-state index contributed by atoms with van der Waals surface area (Å²) < 4.78 is 25.8. The summed E-state index contributed by atoms with van der Waals surface area (Å²) in [4.78, 5) is 23.4. The molecule has 0 aliphatic heterocycles. The van der Waals surface area contributed by atoms with E-state index in [1.807, 2.05) is 12.1 Å². The summed E-state index contributed by atoms with van der Waals surface area (Å²) in [7, 11) is 0. The maximum absolute atomic E-state index is 12.9. The molecule has 0 aromatic heterocycles. The minimum absolute atomic E-state index is 0.00130. The summed E-state index contributed by atoms with van der Waals surface area (Å²) >= 11 is 0. The van der Waals surface area contributed by atoms with Crippen LogP contribution in [0.3, 0.4) is 0 Å². The van der Waals surface area contributed by atoms with E-state index in [2.05, 4.69) is 31.4 Å². The summed E-state index contributed by atoms with van der Waals surface area (Å²) in [5.74, 6) is -3.99. The fourth-order valence-electron chi connectivity index (χ4n) is 1.90. The van der Waals surface area contributed by atoms with Crippen molar-refractivity contribution in [1.82, 2.24) is 10.6 Å². The van der Waals surface area contributed by atoms with Crippen LogP contribution in [0.4, 0.5) is 8.78 Å². The molecule has 7 heteroatoms. The van der Waals surface area contributed by atoms with Crippen LogP contribution < -0.4 is 16.4 Å². The first kappa shape index (κ1) is 20.0. The van der Waals surface area contributed by atoms with Crippen molar-refractivity contribution in [2.75, 3.05) is 19.6 Å². The van der Waals surface area contributed by atoms with Crippen molar-refractivity contribution < 1.29 is 18.4 Å². The van der Waals surface area contributed by atoms with E-state index in [1.54, 1.807) is 12.1 Å². The number of alkyl halides is 2. The lowest BCUT2D eigenvalue weighted by Gasteiger charge is -2.19. The number of halogens is 2. The zero-order valence-corrected chi connectivity index (χ0v) is 14.3. The van der Waals surface area contributed by atoms with Crippen LogP contribution in [0.25, 0.3) is 0 Å². The van der Waals surface area contributed by atoms with Gasteiger partial charge < -0.3 is 16.4 Å². The van der Waals surface area contributed by atoms with Crippen LogP contribution in [-0.4, -0.2) is 37.4 Å². The Labute approximate surface area is 141 Å². The van der Waals surface area contributed by atoms with E-state index in [-0.39, 0.29) is 24.3 Å². The molecule has 4 N–H and O–H groups in total. The molecule has 0 unspecified atom stereocenters. The lowest BCUT2D eigenvalue weighted by Crippen LogP contribution is -2.42. The van der Waals surface area contributed by atoms with Crippen molar-refractivity contribution in [3.05, 3.63) is 35.4 Å². The van der Waals surface area contributed by atoms with Gasteiger partial charge in [0.25, 0.3) is 11.8 Å². The summed E-state index contributed by atoms with van der Waals surface area (Å²) in [5.41, 5.74) is 6.47. The minimum Gasteiger partial charge on any atom is -0.352 e. The van der Waals surface area contributed by atoms with E-state index in [0.717, 1.165) is 5.56 Å². The molecule has 0 atom stereocenters. The van der Waals surface area contributed by atoms with Crippen LogP contribution in [0.5, 0.6) is 0 Å². The zero-order chi connectivity index (χ0) is 18.4. The molecule has 0 saturated heterocycles. The second-order valence-corrected chi connectivity index (χ2v) is 6.67. The maximum atomic E-state index is 12.9. The van der Waals surface area contributed by atoms with Crippen molar-refractivity contribution in [2.45, 2.75) is 38.5 Å². The van der Waals surface area contributed by atoms with Gasteiger partial charge in [-0.25, -0.2) is 8.78 Å². The molecule has 0 saturated carbocycles. The third-order valence-corrected chi connectivity index (χ3v) is 3.49. The molecule has 0 aliphatic rings. The van der Waals surface area contributed by atoms with Gasteiger partial charge in [-0.2, -0.15) is 0 Å². The smallest absolute Gasteiger partial charge is 0.277 e. The lowest BCUT2D eigenvalue weighted by atomic mass is 9.87. The van der Waals surface area contributed by atoms with Gasteiger partial charge in [0, 0.05) is 18.5 Å². The highest BCUT2D eigenvalue weighted by atomic mass is 19.3. The highest BCUT2D eigenvalue weighted by molar-refractivity contribution is 5.94. The van der Waals surface area contributed by atoms with Crippen LogP contribution >= 0.6 is 0 Å². The highest BCUT2D eigenvalue weighted by Gasteiger charge is 2.26. The molecule has 0 fully saturated rings. The van der Waals surface area contributed by atoms with E-state index < -0.39 is 24.9 Å². The largest absolute Gasteiger partial charge is 0.352 e. The topological polar surface area (TPSA) is 84.2 Å².